The van der Waals surface area contributed by atoms with Gasteiger partial charge in [0.1, 0.15) is 11.5 Å². The van der Waals surface area contributed by atoms with Gasteiger partial charge in [-0.2, -0.15) is 0 Å². The van der Waals surface area contributed by atoms with Gasteiger partial charge in [-0.3, -0.25) is 9.78 Å². The summed E-state index contributed by atoms with van der Waals surface area (Å²) in [5.41, 5.74) is 0.970. The first kappa shape index (κ1) is 20.2. The molecule has 0 amide bonds. The molecule has 6 nitrogen and oxygen atoms in total. The minimum Gasteiger partial charge on any atom is -0.497 e. The van der Waals surface area contributed by atoms with Crippen molar-refractivity contribution >= 4 is 0 Å². The van der Waals surface area contributed by atoms with E-state index in [1.54, 1.807) is 14.2 Å². The summed E-state index contributed by atoms with van der Waals surface area (Å²) < 4.78 is 10.7. The van der Waals surface area contributed by atoms with Gasteiger partial charge in [0.2, 0.25) is 0 Å². The first-order valence-corrected chi connectivity index (χ1v) is 9.76. The van der Waals surface area contributed by atoms with E-state index in [0.717, 1.165) is 16.7 Å². The molecule has 3 aromatic carbocycles. The summed E-state index contributed by atoms with van der Waals surface area (Å²) in [4.78, 5) is 30.0. The predicted molar refractivity (Wildman–Crippen MR) is 119 cm³/mol. The Bertz CT molecular complexity index is 1230. The zero-order chi connectivity index (χ0) is 21.8. The molecule has 6 heteroatoms. The second-order valence-corrected chi connectivity index (χ2v) is 7.06. The van der Waals surface area contributed by atoms with Gasteiger partial charge in [0.05, 0.1) is 25.2 Å². The molecule has 4 aromatic rings. The molecule has 31 heavy (non-hydrogen) atoms. The fourth-order valence-corrected chi connectivity index (χ4v) is 4.03. The van der Waals surface area contributed by atoms with Crippen molar-refractivity contribution in [1.29, 1.82) is 0 Å². The molecule has 0 aliphatic carbocycles. The van der Waals surface area contributed by atoms with E-state index in [4.69, 9.17) is 9.47 Å². The van der Waals surface area contributed by atoms with Crippen LogP contribution < -0.4 is 20.7 Å². The lowest BCUT2D eigenvalue weighted by atomic mass is 9.65. The standard InChI is InChI=1S/C25H22N2O4/c1-30-20-12-8-18(9-13-20)25(17-6-4-3-5-7-17,19-10-14-21(31-2)15-11-19)22-16-26-24(29)27-23(22)28/h3-16H,1-2H3,(H2,26,27,28,29). The fraction of sp³-hybridized carbons (Fsp3) is 0.120. The molecule has 0 unspecified atom stereocenters. The third-order valence-corrected chi connectivity index (χ3v) is 5.48. The summed E-state index contributed by atoms with van der Waals surface area (Å²) in [7, 11) is 3.21. The van der Waals surface area contributed by atoms with Crippen molar-refractivity contribution in [3.05, 3.63) is 128 Å². The summed E-state index contributed by atoms with van der Waals surface area (Å²) in [5.74, 6) is 1.41. The van der Waals surface area contributed by atoms with Crippen molar-refractivity contribution in [3.8, 4) is 11.5 Å². The number of aromatic nitrogens is 2. The number of hydrogen-bond donors (Lipinski definition) is 2. The van der Waals surface area contributed by atoms with E-state index < -0.39 is 16.7 Å². The molecule has 0 saturated heterocycles. The molecule has 1 heterocycles. The van der Waals surface area contributed by atoms with Gasteiger partial charge in [0, 0.05) is 6.20 Å². The van der Waals surface area contributed by atoms with Gasteiger partial charge < -0.3 is 14.5 Å². The Morgan fingerprint density at radius 3 is 1.61 bits per heavy atom. The van der Waals surface area contributed by atoms with E-state index in [-0.39, 0.29) is 0 Å². The summed E-state index contributed by atoms with van der Waals surface area (Å²) in [5, 5.41) is 0. The van der Waals surface area contributed by atoms with Crippen LogP contribution in [0.25, 0.3) is 0 Å². The summed E-state index contributed by atoms with van der Waals surface area (Å²) in [6.45, 7) is 0. The number of rotatable bonds is 6. The molecule has 0 bridgehead atoms. The van der Waals surface area contributed by atoms with Crippen LogP contribution in [-0.4, -0.2) is 24.2 Å². The zero-order valence-electron chi connectivity index (χ0n) is 17.2. The topological polar surface area (TPSA) is 84.2 Å². The molecule has 0 atom stereocenters. The van der Waals surface area contributed by atoms with E-state index in [2.05, 4.69) is 9.97 Å². The predicted octanol–water partition coefficient (Wildman–Crippen LogP) is 3.46. The Balaban J connectivity index is 2.14. The molecule has 156 valence electrons. The van der Waals surface area contributed by atoms with E-state index in [1.165, 1.54) is 6.20 Å². The fourth-order valence-electron chi connectivity index (χ4n) is 4.03. The quantitative estimate of drug-likeness (QED) is 0.473. The Hall–Kier alpha value is -4.06. The van der Waals surface area contributed by atoms with Gasteiger partial charge >= 0.3 is 5.69 Å². The van der Waals surface area contributed by atoms with Gasteiger partial charge in [0.25, 0.3) is 5.56 Å². The SMILES string of the molecule is COc1ccc(C(c2ccccc2)(c2ccc(OC)cc2)c2c[nH]c(=O)[nH]c2=O)cc1. The average molecular weight is 414 g/mol. The second kappa shape index (κ2) is 8.36. The van der Waals surface area contributed by atoms with E-state index in [0.29, 0.717) is 17.1 Å². The van der Waals surface area contributed by atoms with Crippen molar-refractivity contribution < 1.29 is 9.47 Å². The van der Waals surface area contributed by atoms with Crippen molar-refractivity contribution in [1.82, 2.24) is 9.97 Å². The van der Waals surface area contributed by atoms with Crippen molar-refractivity contribution in [2.24, 2.45) is 0 Å². The highest BCUT2D eigenvalue weighted by Crippen LogP contribution is 2.44. The largest absolute Gasteiger partial charge is 0.497 e. The number of aromatic amines is 2. The molecular formula is C25H22N2O4. The molecule has 1 aromatic heterocycles. The third kappa shape index (κ3) is 3.53. The monoisotopic (exact) mass is 414 g/mol. The maximum Gasteiger partial charge on any atom is 0.325 e. The zero-order valence-corrected chi connectivity index (χ0v) is 17.2. The minimum absolute atomic E-state index is 0.397. The summed E-state index contributed by atoms with van der Waals surface area (Å²) in [6.07, 6.45) is 1.49. The molecular weight excluding hydrogens is 392 g/mol. The summed E-state index contributed by atoms with van der Waals surface area (Å²) >= 11 is 0. The maximum absolute atomic E-state index is 13.1. The second-order valence-electron chi connectivity index (χ2n) is 7.06. The number of methoxy groups -OCH3 is 2. The number of ether oxygens (including phenoxy) is 2. The molecule has 0 radical (unpaired) electrons. The normalized spacial score (nSPS) is 11.2. The van der Waals surface area contributed by atoms with Gasteiger partial charge in [-0.1, -0.05) is 54.6 Å². The van der Waals surface area contributed by atoms with Gasteiger partial charge in [-0.15, -0.1) is 0 Å². The van der Waals surface area contributed by atoms with E-state index in [9.17, 15) is 9.59 Å². The van der Waals surface area contributed by atoms with Gasteiger partial charge in [-0.25, -0.2) is 4.79 Å². The number of H-pyrrole nitrogens is 2. The Labute approximate surface area is 179 Å². The number of benzene rings is 3. The lowest BCUT2D eigenvalue weighted by Gasteiger charge is -2.35. The average Bonchev–Trinajstić information content (AvgIpc) is 2.82. The molecule has 4 rings (SSSR count). The van der Waals surface area contributed by atoms with Gasteiger partial charge in [-0.05, 0) is 41.0 Å². The van der Waals surface area contributed by atoms with Crippen molar-refractivity contribution in [3.63, 3.8) is 0 Å². The van der Waals surface area contributed by atoms with Crippen LogP contribution in [0, 0.1) is 0 Å². The van der Waals surface area contributed by atoms with Crippen LogP contribution in [0.15, 0.2) is 94.6 Å². The highest BCUT2D eigenvalue weighted by molar-refractivity contribution is 5.59. The smallest absolute Gasteiger partial charge is 0.325 e. The maximum atomic E-state index is 13.1. The Kier molecular flexibility index (Phi) is 5.45. The molecule has 0 fully saturated rings. The lowest BCUT2D eigenvalue weighted by Crippen LogP contribution is -2.39. The number of nitrogens with one attached hydrogen (secondary N) is 2. The first-order valence-electron chi connectivity index (χ1n) is 9.76. The van der Waals surface area contributed by atoms with Gasteiger partial charge in [0.15, 0.2) is 0 Å². The van der Waals surface area contributed by atoms with E-state index >= 15 is 0 Å². The van der Waals surface area contributed by atoms with Crippen LogP contribution in [0.3, 0.4) is 0 Å². The lowest BCUT2D eigenvalue weighted by molar-refractivity contribution is 0.414. The molecule has 0 spiro atoms. The minimum atomic E-state index is -0.989. The van der Waals surface area contributed by atoms with Crippen molar-refractivity contribution in [2.45, 2.75) is 5.41 Å². The Morgan fingerprint density at radius 2 is 1.16 bits per heavy atom. The van der Waals surface area contributed by atoms with Crippen molar-refractivity contribution in [2.75, 3.05) is 14.2 Å². The molecule has 0 aliphatic heterocycles. The van der Waals surface area contributed by atoms with Crippen LogP contribution in [0.1, 0.15) is 22.3 Å². The third-order valence-electron chi connectivity index (χ3n) is 5.48. The number of hydrogen-bond acceptors (Lipinski definition) is 4. The van der Waals surface area contributed by atoms with E-state index in [1.807, 2.05) is 78.9 Å². The first-order chi connectivity index (χ1) is 15.1. The highest BCUT2D eigenvalue weighted by atomic mass is 16.5. The van der Waals surface area contributed by atoms with Crippen LogP contribution in [0.5, 0.6) is 11.5 Å². The van der Waals surface area contributed by atoms with Crippen LogP contribution >= 0.6 is 0 Å². The van der Waals surface area contributed by atoms with Crippen LogP contribution in [-0.2, 0) is 5.41 Å². The van der Waals surface area contributed by atoms with Crippen LogP contribution in [0.2, 0.25) is 0 Å². The van der Waals surface area contributed by atoms with Crippen LogP contribution in [0.4, 0.5) is 0 Å². The highest BCUT2D eigenvalue weighted by Gasteiger charge is 2.40. The molecule has 2 N–H and O–H groups in total. The molecule has 0 aliphatic rings. The summed E-state index contributed by atoms with van der Waals surface area (Å²) in [6, 6.07) is 24.9. The Morgan fingerprint density at radius 1 is 0.677 bits per heavy atom. The molecule has 0 saturated carbocycles.